The van der Waals surface area contributed by atoms with Gasteiger partial charge in [0.1, 0.15) is 18.4 Å². The zero-order valence-corrected chi connectivity index (χ0v) is 16.4. The van der Waals surface area contributed by atoms with Crippen molar-refractivity contribution in [1.82, 2.24) is 21.3 Å². The van der Waals surface area contributed by atoms with Gasteiger partial charge in [0.2, 0.25) is 0 Å². The predicted octanol–water partition coefficient (Wildman–Crippen LogP) is 2.72. The number of benzene rings is 2. The van der Waals surface area contributed by atoms with Crippen molar-refractivity contribution < 1.29 is 9.53 Å². The molecule has 4 rings (SSSR count). The third-order valence-electron chi connectivity index (χ3n) is 4.82. The molecule has 2 heterocycles. The molecule has 1 aliphatic rings. The van der Waals surface area contributed by atoms with Gasteiger partial charge in [-0.25, -0.2) is 16.3 Å². The number of carbonyl (C=O) groups is 1. The maximum atomic E-state index is 12.4. The third kappa shape index (κ3) is 5.08. The number of hydrogen-bond acceptors (Lipinski definition) is 6. The lowest BCUT2D eigenvalue weighted by Gasteiger charge is -2.16. The second kappa shape index (κ2) is 9.78. The van der Waals surface area contributed by atoms with Crippen LogP contribution in [-0.4, -0.2) is 23.1 Å². The van der Waals surface area contributed by atoms with Crippen molar-refractivity contribution in [1.29, 1.82) is 0 Å². The number of nitrogens with zero attached hydrogens (tertiary/aromatic N) is 2. The van der Waals surface area contributed by atoms with Crippen LogP contribution in [0.2, 0.25) is 0 Å². The molecule has 0 saturated carbocycles. The van der Waals surface area contributed by atoms with Crippen LogP contribution in [0.4, 0.5) is 0 Å². The van der Waals surface area contributed by atoms with E-state index in [2.05, 4.69) is 26.4 Å². The van der Waals surface area contributed by atoms with Crippen LogP contribution in [-0.2, 0) is 11.4 Å². The summed E-state index contributed by atoms with van der Waals surface area (Å²) in [7, 11) is 0. The van der Waals surface area contributed by atoms with E-state index in [9.17, 15) is 4.79 Å². The second-order valence-electron chi connectivity index (χ2n) is 6.96. The zero-order valence-electron chi connectivity index (χ0n) is 16.4. The number of para-hydroxylation sites is 1. The molecule has 152 valence electrons. The van der Waals surface area contributed by atoms with Crippen molar-refractivity contribution >= 4 is 12.1 Å². The van der Waals surface area contributed by atoms with Crippen molar-refractivity contribution in [3.63, 3.8) is 0 Å². The Morgan fingerprint density at radius 2 is 1.93 bits per heavy atom. The number of hydrazone groups is 1. The van der Waals surface area contributed by atoms with E-state index in [0.29, 0.717) is 13.0 Å². The van der Waals surface area contributed by atoms with Crippen LogP contribution in [0, 0.1) is 0 Å². The molecule has 7 nitrogen and oxygen atoms in total. The molecule has 2 aromatic carbocycles. The van der Waals surface area contributed by atoms with Crippen molar-refractivity contribution in [3.8, 4) is 5.75 Å². The van der Waals surface area contributed by atoms with Gasteiger partial charge in [-0.15, -0.1) is 0 Å². The van der Waals surface area contributed by atoms with E-state index in [1.54, 1.807) is 18.6 Å². The summed E-state index contributed by atoms with van der Waals surface area (Å²) in [6.07, 6.45) is 5.51. The van der Waals surface area contributed by atoms with E-state index >= 15 is 0 Å². The van der Waals surface area contributed by atoms with Crippen LogP contribution in [0.5, 0.6) is 5.75 Å². The molecule has 0 radical (unpaired) electrons. The third-order valence-corrected chi connectivity index (χ3v) is 4.82. The van der Waals surface area contributed by atoms with Gasteiger partial charge in [0.25, 0.3) is 5.91 Å². The summed E-state index contributed by atoms with van der Waals surface area (Å²) in [5.41, 5.74) is 11.8. The zero-order chi connectivity index (χ0) is 20.6. The largest absolute Gasteiger partial charge is 0.489 e. The minimum atomic E-state index is -0.400. The van der Waals surface area contributed by atoms with Gasteiger partial charge in [-0.2, -0.15) is 5.10 Å². The van der Waals surface area contributed by atoms with Crippen molar-refractivity contribution in [2.75, 3.05) is 0 Å². The Morgan fingerprint density at radius 1 is 1.10 bits per heavy atom. The van der Waals surface area contributed by atoms with Gasteiger partial charge in [-0.3, -0.25) is 9.78 Å². The number of amides is 1. The minimum absolute atomic E-state index is 0.0463. The Hall–Kier alpha value is -3.55. The van der Waals surface area contributed by atoms with E-state index in [1.807, 2.05) is 66.7 Å². The van der Waals surface area contributed by atoms with Gasteiger partial charge in [0.15, 0.2) is 0 Å². The van der Waals surface area contributed by atoms with Crippen molar-refractivity contribution in [2.45, 2.75) is 25.1 Å². The summed E-state index contributed by atoms with van der Waals surface area (Å²) >= 11 is 0. The highest BCUT2D eigenvalue weighted by molar-refractivity contribution is 5.84. The molecule has 0 bridgehead atoms. The van der Waals surface area contributed by atoms with E-state index < -0.39 is 6.04 Å². The minimum Gasteiger partial charge on any atom is -0.489 e. The normalized spacial score (nSPS) is 18.4. The average Bonchev–Trinajstić information content (AvgIpc) is 3.30. The van der Waals surface area contributed by atoms with E-state index in [0.717, 1.165) is 22.4 Å². The molecule has 2 unspecified atom stereocenters. The standard InChI is InChI=1S/C23H23N5O2/c29-23(28-25-15-18-9-6-12-24-14-18)21-13-20(26-27-21)19-10-4-5-11-22(19)30-16-17-7-2-1-3-8-17/h1-12,14-15,20-21,26-27H,13,16H2,(H,28,29)/b25-15-. The molecule has 1 saturated heterocycles. The lowest BCUT2D eigenvalue weighted by Crippen LogP contribution is -2.41. The van der Waals surface area contributed by atoms with E-state index in [1.165, 1.54) is 0 Å². The summed E-state index contributed by atoms with van der Waals surface area (Å²) < 4.78 is 6.05. The summed E-state index contributed by atoms with van der Waals surface area (Å²) in [4.78, 5) is 16.4. The fraction of sp³-hybridized carbons (Fsp3) is 0.174. The SMILES string of the molecule is O=C(N/N=C\c1cccnc1)C1CC(c2ccccc2OCc2ccccc2)NN1. The summed E-state index contributed by atoms with van der Waals surface area (Å²) in [5.74, 6) is 0.601. The van der Waals surface area contributed by atoms with Gasteiger partial charge in [-0.05, 0) is 24.1 Å². The Bertz CT molecular complexity index is 995. The first-order valence-electron chi connectivity index (χ1n) is 9.79. The molecular weight excluding hydrogens is 378 g/mol. The molecule has 0 spiro atoms. The Balaban J connectivity index is 1.35. The lowest BCUT2D eigenvalue weighted by molar-refractivity contribution is -0.122. The number of rotatable bonds is 7. The van der Waals surface area contributed by atoms with Gasteiger partial charge in [-0.1, -0.05) is 54.6 Å². The molecule has 0 aliphatic carbocycles. The predicted molar refractivity (Wildman–Crippen MR) is 115 cm³/mol. The van der Waals surface area contributed by atoms with Crippen LogP contribution in [0.1, 0.15) is 29.2 Å². The first-order chi connectivity index (χ1) is 14.8. The van der Waals surface area contributed by atoms with Crippen molar-refractivity contribution in [2.24, 2.45) is 5.10 Å². The molecule has 1 aliphatic heterocycles. The van der Waals surface area contributed by atoms with Gasteiger partial charge in [0, 0.05) is 23.5 Å². The molecule has 7 heteroatoms. The topological polar surface area (TPSA) is 87.6 Å². The van der Waals surface area contributed by atoms with Crippen LogP contribution >= 0.6 is 0 Å². The highest BCUT2D eigenvalue weighted by Crippen LogP contribution is 2.30. The molecule has 30 heavy (non-hydrogen) atoms. The number of hydrogen-bond donors (Lipinski definition) is 3. The molecule has 3 aromatic rings. The Labute approximate surface area is 175 Å². The molecule has 2 atom stereocenters. The van der Waals surface area contributed by atoms with Crippen molar-refractivity contribution in [3.05, 3.63) is 95.8 Å². The molecule has 1 aromatic heterocycles. The maximum Gasteiger partial charge on any atom is 0.258 e. The summed E-state index contributed by atoms with van der Waals surface area (Å²) in [6, 6.07) is 21.1. The van der Waals surface area contributed by atoms with Crippen LogP contribution in [0.25, 0.3) is 0 Å². The van der Waals surface area contributed by atoms with Crippen LogP contribution in [0.3, 0.4) is 0 Å². The highest BCUT2D eigenvalue weighted by atomic mass is 16.5. The highest BCUT2D eigenvalue weighted by Gasteiger charge is 2.31. The van der Waals surface area contributed by atoms with Gasteiger partial charge >= 0.3 is 0 Å². The monoisotopic (exact) mass is 401 g/mol. The van der Waals surface area contributed by atoms with Gasteiger partial charge < -0.3 is 4.74 Å². The summed E-state index contributed by atoms with van der Waals surface area (Å²) in [5, 5.41) is 4.01. The van der Waals surface area contributed by atoms with Crippen LogP contribution < -0.4 is 21.0 Å². The molecular formula is C23H23N5O2. The molecule has 3 N–H and O–H groups in total. The first kappa shape index (κ1) is 19.8. The quantitative estimate of drug-likeness (QED) is 0.419. The number of ether oxygens (including phenoxy) is 1. The number of aromatic nitrogens is 1. The lowest BCUT2D eigenvalue weighted by atomic mass is 10.0. The molecule has 1 amide bonds. The number of carbonyl (C=O) groups excluding carboxylic acids is 1. The van der Waals surface area contributed by atoms with Gasteiger partial charge in [0.05, 0.1) is 12.3 Å². The second-order valence-corrected chi connectivity index (χ2v) is 6.96. The fourth-order valence-corrected chi connectivity index (χ4v) is 3.27. The van der Waals surface area contributed by atoms with E-state index in [-0.39, 0.29) is 11.9 Å². The number of nitrogens with one attached hydrogen (secondary N) is 3. The summed E-state index contributed by atoms with van der Waals surface area (Å²) in [6.45, 7) is 0.491. The maximum absolute atomic E-state index is 12.4. The smallest absolute Gasteiger partial charge is 0.258 e. The first-order valence-corrected chi connectivity index (χ1v) is 9.79. The Morgan fingerprint density at radius 3 is 2.77 bits per heavy atom. The number of pyridine rings is 1. The van der Waals surface area contributed by atoms with E-state index in [4.69, 9.17) is 4.74 Å². The van der Waals surface area contributed by atoms with Crippen LogP contribution in [0.15, 0.2) is 84.2 Å². The number of hydrazine groups is 1. The average molecular weight is 401 g/mol. The Kier molecular flexibility index (Phi) is 6.44. The molecule has 1 fully saturated rings. The fourth-order valence-electron chi connectivity index (χ4n) is 3.27.